The van der Waals surface area contributed by atoms with Crippen molar-refractivity contribution in [2.24, 2.45) is 0 Å². The topological polar surface area (TPSA) is 59.8 Å². The molecule has 0 unspecified atom stereocenters. The molecule has 0 aliphatic rings. The normalized spacial score (nSPS) is 10.8. The van der Waals surface area contributed by atoms with Gasteiger partial charge in [0.25, 0.3) is 0 Å². The Morgan fingerprint density at radius 2 is 1.90 bits per heavy atom. The van der Waals surface area contributed by atoms with E-state index in [-0.39, 0.29) is 11.7 Å². The van der Waals surface area contributed by atoms with Crippen LogP contribution in [0.5, 0.6) is 0 Å². The van der Waals surface area contributed by atoms with Gasteiger partial charge in [-0.25, -0.2) is 0 Å². The SMILES string of the molecule is C=CCn1c(SCC(=O)Nc2cc(Cl)c(Cl)cc2Cl)nnc1-c1ccccc1C. The third kappa shape index (κ3) is 5.14. The third-order valence-electron chi connectivity index (χ3n) is 4.03. The lowest BCUT2D eigenvalue weighted by molar-refractivity contribution is -0.113. The molecule has 1 amide bonds. The van der Waals surface area contributed by atoms with Crippen LogP contribution in [-0.4, -0.2) is 26.4 Å². The zero-order valence-corrected chi connectivity index (χ0v) is 18.5. The fourth-order valence-electron chi connectivity index (χ4n) is 2.65. The van der Waals surface area contributed by atoms with Crippen LogP contribution in [0.25, 0.3) is 11.4 Å². The number of carbonyl (C=O) groups excluding carboxylic acids is 1. The van der Waals surface area contributed by atoms with Gasteiger partial charge in [-0.15, -0.1) is 16.8 Å². The van der Waals surface area contributed by atoms with Gasteiger partial charge in [-0.2, -0.15) is 0 Å². The summed E-state index contributed by atoms with van der Waals surface area (Å²) in [5.74, 6) is 0.610. The first-order valence-corrected chi connectivity index (χ1v) is 10.7. The summed E-state index contributed by atoms with van der Waals surface area (Å²) in [5.41, 5.74) is 2.48. The quantitative estimate of drug-likeness (QED) is 0.258. The Balaban J connectivity index is 1.75. The molecule has 0 saturated carbocycles. The van der Waals surface area contributed by atoms with Crippen LogP contribution in [0.3, 0.4) is 0 Å². The van der Waals surface area contributed by atoms with Gasteiger partial charge >= 0.3 is 0 Å². The van der Waals surface area contributed by atoms with Gasteiger partial charge in [-0.3, -0.25) is 9.36 Å². The first kappa shape index (κ1) is 21.7. The Hall–Kier alpha value is -1.99. The van der Waals surface area contributed by atoms with E-state index in [1.807, 2.05) is 35.8 Å². The second-order valence-electron chi connectivity index (χ2n) is 6.10. The van der Waals surface area contributed by atoms with E-state index in [0.29, 0.717) is 32.5 Å². The molecule has 0 aliphatic heterocycles. The molecule has 0 bridgehead atoms. The molecular weight excluding hydrogens is 451 g/mol. The average Bonchev–Trinajstić information content (AvgIpc) is 3.07. The molecule has 3 aromatic rings. The first-order chi connectivity index (χ1) is 13.9. The summed E-state index contributed by atoms with van der Waals surface area (Å²) in [6.07, 6.45) is 1.77. The second-order valence-corrected chi connectivity index (χ2v) is 8.27. The summed E-state index contributed by atoms with van der Waals surface area (Å²) in [5, 5.41) is 12.9. The number of carbonyl (C=O) groups is 1. The zero-order chi connectivity index (χ0) is 21.0. The van der Waals surface area contributed by atoms with E-state index >= 15 is 0 Å². The summed E-state index contributed by atoms with van der Waals surface area (Å²) in [6.45, 7) is 6.35. The monoisotopic (exact) mass is 466 g/mol. The molecule has 29 heavy (non-hydrogen) atoms. The molecule has 0 aliphatic carbocycles. The minimum absolute atomic E-state index is 0.125. The van der Waals surface area contributed by atoms with Gasteiger partial charge in [-0.05, 0) is 24.6 Å². The molecule has 1 heterocycles. The van der Waals surface area contributed by atoms with Crippen molar-refractivity contribution in [1.29, 1.82) is 0 Å². The number of thioether (sulfide) groups is 1. The molecule has 1 aromatic heterocycles. The largest absolute Gasteiger partial charge is 0.324 e. The van der Waals surface area contributed by atoms with Gasteiger partial charge in [0.15, 0.2) is 11.0 Å². The molecule has 0 saturated heterocycles. The van der Waals surface area contributed by atoms with Crippen molar-refractivity contribution in [2.75, 3.05) is 11.1 Å². The molecule has 1 N–H and O–H groups in total. The van der Waals surface area contributed by atoms with Gasteiger partial charge in [0.05, 0.1) is 26.5 Å². The number of allylic oxidation sites excluding steroid dienone is 1. The summed E-state index contributed by atoms with van der Waals surface area (Å²) in [6, 6.07) is 10.9. The first-order valence-electron chi connectivity index (χ1n) is 8.58. The fourth-order valence-corrected chi connectivity index (χ4v) is 3.99. The zero-order valence-electron chi connectivity index (χ0n) is 15.5. The van der Waals surface area contributed by atoms with Crippen molar-refractivity contribution in [1.82, 2.24) is 14.8 Å². The maximum Gasteiger partial charge on any atom is 0.234 e. The summed E-state index contributed by atoms with van der Waals surface area (Å²) in [4.78, 5) is 12.4. The summed E-state index contributed by atoms with van der Waals surface area (Å²) in [7, 11) is 0. The van der Waals surface area contributed by atoms with Gasteiger partial charge in [0.1, 0.15) is 0 Å². The number of nitrogens with one attached hydrogen (secondary N) is 1. The Kier molecular flexibility index (Phi) is 7.24. The number of anilines is 1. The Labute approximate surface area is 188 Å². The molecule has 150 valence electrons. The number of amides is 1. The Morgan fingerprint density at radius 3 is 2.62 bits per heavy atom. The standard InChI is InChI=1S/C20H17Cl3N4OS/c1-3-8-27-19(13-7-5-4-6-12(13)2)25-26-20(27)29-11-18(28)24-17-10-15(22)14(21)9-16(17)23/h3-7,9-10H,1,8,11H2,2H3,(H,24,28). The molecule has 0 spiro atoms. The molecule has 0 fully saturated rings. The van der Waals surface area contributed by atoms with E-state index in [1.54, 1.807) is 6.08 Å². The van der Waals surface area contributed by atoms with Gasteiger partial charge < -0.3 is 5.32 Å². The number of rotatable bonds is 7. The predicted octanol–water partition coefficient (Wildman–Crippen LogP) is 6.13. The molecule has 5 nitrogen and oxygen atoms in total. The number of halogens is 3. The number of nitrogens with zero attached hydrogens (tertiary/aromatic N) is 3. The lowest BCUT2D eigenvalue weighted by atomic mass is 10.1. The van der Waals surface area contributed by atoms with Crippen LogP contribution < -0.4 is 5.32 Å². The highest BCUT2D eigenvalue weighted by atomic mass is 35.5. The van der Waals surface area contributed by atoms with Crippen molar-refractivity contribution < 1.29 is 4.79 Å². The van der Waals surface area contributed by atoms with Crippen LogP contribution in [0.2, 0.25) is 15.1 Å². The number of hydrogen-bond donors (Lipinski definition) is 1. The van der Waals surface area contributed by atoms with Crippen LogP contribution in [0.1, 0.15) is 5.56 Å². The van der Waals surface area contributed by atoms with Crippen LogP contribution in [-0.2, 0) is 11.3 Å². The second kappa shape index (κ2) is 9.67. The third-order valence-corrected chi connectivity index (χ3v) is 6.03. The lowest BCUT2D eigenvalue weighted by Crippen LogP contribution is -2.15. The molecular formula is C20H17Cl3N4OS. The van der Waals surface area contributed by atoms with Crippen LogP contribution in [0, 0.1) is 6.92 Å². The minimum atomic E-state index is -0.249. The van der Waals surface area contributed by atoms with Crippen molar-refractivity contribution in [2.45, 2.75) is 18.6 Å². The van der Waals surface area contributed by atoms with Gasteiger partial charge in [0, 0.05) is 12.1 Å². The van der Waals surface area contributed by atoms with Crippen molar-refractivity contribution in [3.8, 4) is 11.4 Å². The van der Waals surface area contributed by atoms with E-state index in [9.17, 15) is 4.79 Å². The highest BCUT2D eigenvalue weighted by Crippen LogP contribution is 2.32. The van der Waals surface area contributed by atoms with Crippen LogP contribution in [0.4, 0.5) is 5.69 Å². The van der Waals surface area contributed by atoms with Gasteiger partial charge in [0.2, 0.25) is 5.91 Å². The smallest absolute Gasteiger partial charge is 0.234 e. The van der Waals surface area contributed by atoms with E-state index in [0.717, 1.165) is 17.0 Å². The van der Waals surface area contributed by atoms with E-state index in [2.05, 4.69) is 22.1 Å². The van der Waals surface area contributed by atoms with Crippen molar-refractivity contribution in [3.63, 3.8) is 0 Å². The van der Waals surface area contributed by atoms with Crippen molar-refractivity contribution in [3.05, 3.63) is 69.7 Å². The molecule has 0 radical (unpaired) electrons. The number of aryl methyl sites for hydroxylation is 1. The van der Waals surface area contributed by atoms with Crippen LogP contribution >= 0.6 is 46.6 Å². The molecule has 3 rings (SSSR count). The Bertz CT molecular complexity index is 1070. The minimum Gasteiger partial charge on any atom is -0.324 e. The number of aromatic nitrogens is 3. The van der Waals surface area contributed by atoms with Crippen LogP contribution in [0.15, 0.2) is 54.2 Å². The van der Waals surface area contributed by atoms with E-state index < -0.39 is 0 Å². The number of benzene rings is 2. The van der Waals surface area contributed by atoms with E-state index in [1.165, 1.54) is 23.9 Å². The van der Waals surface area contributed by atoms with Crippen molar-refractivity contribution >= 4 is 58.2 Å². The fraction of sp³-hybridized carbons (Fsp3) is 0.150. The van der Waals surface area contributed by atoms with E-state index in [4.69, 9.17) is 34.8 Å². The molecule has 2 aromatic carbocycles. The summed E-state index contributed by atoms with van der Waals surface area (Å²) >= 11 is 19.3. The highest BCUT2D eigenvalue weighted by Gasteiger charge is 2.17. The maximum absolute atomic E-state index is 12.4. The lowest BCUT2D eigenvalue weighted by Gasteiger charge is -2.10. The molecule has 9 heteroatoms. The summed E-state index contributed by atoms with van der Waals surface area (Å²) < 4.78 is 1.93. The van der Waals surface area contributed by atoms with Gasteiger partial charge in [-0.1, -0.05) is 76.9 Å². The maximum atomic E-state index is 12.4. The Morgan fingerprint density at radius 1 is 1.17 bits per heavy atom. The predicted molar refractivity (Wildman–Crippen MR) is 121 cm³/mol. The molecule has 0 atom stereocenters. The highest BCUT2D eigenvalue weighted by molar-refractivity contribution is 7.99. The number of hydrogen-bond acceptors (Lipinski definition) is 4. The average molecular weight is 468 g/mol.